The Hall–Kier alpha value is -4.00. The van der Waals surface area contributed by atoms with Gasteiger partial charge in [0.1, 0.15) is 5.75 Å². The van der Waals surface area contributed by atoms with Crippen molar-refractivity contribution in [2.75, 3.05) is 50.1 Å². The van der Waals surface area contributed by atoms with E-state index in [0.717, 1.165) is 50.0 Å². The SMILES string of the molecule is COc1ccc(N2CCN(C(=NCCc3ccccc3)Nc3ccc(C(=O)O)cc3)CC2)cc1. The van der Waals surface area contributed by atoms with Gasteiger partial charge in [0.05, 0.1) is 12.7 Å². The number of hydrogen-bond acceptors (Lipinski definition) is 4. The topological polar surface area (TPSA) is 77.4 Å². The number of piperazine rings is 1. The minimum Gasteiger partial charge on any atom is -0.497 e. The number of nitrogens with one attached hydrogen (secondary N) is 1. The summed E-state index contributed by atoms with van der Waals surface area (Å²) < 4.78 is 5.27. The Morgan fingerprint density at radius 1 is 0.941 bits per heavy atom. The van der Waals surface area contributed by atoms with E-state index in [0.29, 0.717) is 6.54 Å². The molecule has 176 valence electrons. The van der Waals surface area contributed by atoms with Crippen LogP contribution in [0.5, 0.6) is 5.75 Å². The predicted octanol–water partition coefficient (Wildman–Crippen LogP) is 4.23. The van der Waals surface area contributed by atoms with Crippen LogP contribution in [0.3, 0.4) is 0 Å². The summed E-state index contributed by atoms with van der Waals surface area (Å²) in [7, 11) is 1.68. The minimum absolute atomic E-state index is 0.265. The van der Waals surface area contributed by atoms with Crippen molar-refractivity contribution in [1.82, 2.24) is 4.90 Å². The molecule has 0 amide bonds. The maximum atomic E-state index is 11.2. The summed E-state index contributed by atoms with van der Waals surface area (Å²) in [6.07, 6.45) is 0.857. The largest absolute Gasteiger partial charge is 0.497 e. The van der Waals surface area contributed by atoms with Crippen LogP contribution in [0, 0.1) is 0 Å². The van der Waals surface area contributed by atoms with Gasteiger partial charge in [-0.3, -0.25) is 4.99 Å². The molecule has 0 bridgehead atoms. The molecule has 1 aliphatic heterocycles. The number of carboxylic acids is 1. The second-order valence-electron chi connectivity index (χ2n) is 8.12. The first kappa shape index (κ1) is 23.2. The van der Waals surface area contributed by atoms with Gasteiger partial charge < -0.3 is 25.0 Å². The summed E-state index contributed by atoms with van der Waals surface area (Å²) >= 11 is 0. The Kier molecular flexibility index (Phi) is 7.65. The second kappa shape index (κ2) is 11.2. The molecule has 34 heavy (non-hydrogen) atoms. The van der Waals surface area contributed by atoms with Crippen molar-refractivity contribution in [2.45, 2.75) is 6.42 Å². The number of guanidine groups is 1. The summed E-state index contributed by atoms with van der Waals surface area (Å²) in [6, 6.07) is 25.2. The number of aliphatic imine (C=N–C) groups is 1. The fraction of sp³-hybridized carbons (Fsp3) is 0.259. The van der Waals surface area contributed by atoms with Crippen molar-refractivity contribution < 1.29 is 14.6 Å². The van der Waals surface area contributed by atoms with E-state index >= 15 is 0 Å². The average Bonchev–Trinajstić information content (AvgIpc) is 2.89. The highest BCUT2D eigenvalue weighted by atomic mass is 16.5. The number of methoxy groups -OCH3 is 1. The molecule has 1 aliphatic rings. The Bertz CT molecular complexity index is 1090. The maximum Gasteiger partial charge on any atom is 0.335 e. The Morgan fingerprint density at radius 3 is 2.24 bits per heavy atom. The van der Waals surface area contributed by atoms with Crippen LogP contribution in [0.4, 0.5) is 11.4 Å². The van der Waals surface area contributed by atoms with Crippen LogP contribution in [-0.2, 0) is 6.42 Å². The van der Waals surface area contributed by atoms with Gasteiger partial charge in [0, 0.05) is 44.1 Å². The smallest absolute Gasteiger partial charge is 0.335 e. The van der Waals surface area contributed by atoms with Crippen LogP contribution in [0.15, 0.2) is 83.9 Å². The monoisotopic (exact) mass is 458 g/mol. The third-order valence-electron chi connectivity index (χ3n) is 5.91. The molecule has 0 spiro atoms. The van der Waals surface area contributed by atoms with Crippen molar-refractivity contribution >= 4 is 23.3 Å². The van der Waals surface area contributed by atoms with Gasteiger partial charge in [0.25, 0.3) is 0 Å². The van der Waals surface area contributed by atoms with Gasteiger partial charge in [-0.05, 0) is 60.5 Å². The van der Waals surface area contributed by atoms with Crippen LogP contribution in [0.25, 0.3) is 0 Å². The number of carbonyl (C=O) groups is 1. The number of benzene rings is 3. The van der Waals surface area contributed by atoms with Crippen molar-refractivity contribution in [2.24, 2.45) is 4.99 Å². The number of nitrogens with zero attached hydrogens (tertiary/aromatic N) is 3. The highest BCUT2D eigenvalue weighted by molar-refractivity contribution is 5.95. The average molecular weight is 459 g/mol. The first-order chi connectivity index (χ1) is 16.6. The molecule has 7 nitrogen and oxygen atoms in total. The fourth-order valence-corrected chi connectivity index (χ4v) is 3.95. The predicted molar refractivity (Wildman–Crippen MR) is 136 cm³/mol. The molecule has 7 heteroatoms. The lowest BCUT2D eigenvalue weighted by Crippen LogP contribution is -2.50. The van der Waals surface area contributed by atoms with E-state index in [9.17, 15) is 4.79 Å². The van der Waals surface area contributed by atoms with E-state index in [-0.39, 0.29) is 5.56 Å². The second-order valence-corrected chi connectivity index (χ2v) is 8.12. The summed E-state index contributed by atoms with van der Waals surface area (Å²) in [5.74, 6) is 0.736. The van der Waals surface area contributed by atoms with Crippen LogP contribution >= 0.6 is 0 Å². The quantitative estimate of drug-likeness (QED) is 0.408. The lowest BCUT2D eigenvalue weighted by atomic mass is 10.1. The number of rotatable bonds is 7. The molecule has 0 aromatic heterocycles. The third-order valence-corrected chi connectivity index (χ3v) is 5.91. The molecule has 1 fully saturated rings. The molecule has 0 saturated carbocycles. The summed E-state index contributed by atoms with van der Waals surface area (Å²) in [5, 5.41) is 12.6. The van der Waals surface area contributed by atoms with Gasteiger partial charge in [-0.25, -0.2) is 4.79 Å². The zero-order valence-electron chi connectivity index (χ0n) is 19.4. The number of anilines is 2. The summed E-state index contributed by atoms with van der Waals surface area (Å²) in [6.45, 7) is 4.08. The van der Waals surface area contributed by atoms with Gasteiger partial charge in [-0.2, -0.15) is 0 Å². The molecule has 0 atom stereocenters. The van der Waals surface area contributed by atoms with Gasteiger partial charge in [0.15, 0.2) is 5.96 Å². The van der Waals surface area contributed by atoms with Gasteiger partial charge >= 0.3 is 5.97 Å². The number of carboxylic acid groups (broad SMARTS) is 1. The summed E-state index contributed by atoms with van der Waals surface area (Å²) in [4.78, 5) is 20.7. The Balaban J connectivity index is 1.44. The van der Waals surface area contributed by atoms with Crippen molar-refractivity contribution in [3.8, 4) is 5.75 Å². The molecule has 2 N–H and O–H groups in total. The van der Waals surface area contributed by atoms with Gasteiger partial charge in [0.2, 0.25) is 0 Å². The van der Waals surface area contributed by atoms with E-state index in [4.69, 9.17) is 14.8 Å². The molecule has 0 radical (unpaired) electrons. The Labute approximate surface area is 200 Å². The van der Waals surface area contributed by atoms with Crippen LogP contribution in [0.1, 0.15) is 15.9 Å². The van der Waals surface area contributed by atoms with E-state index in [1.165, 1.54) is 11.3 Å². The third kappa shape index (κ3) is 6.07. The molecule has 0 unspecified atom stereocenters. The van der Waals surface area contributed by atoms with E-state index in [1.807, 2.05) is 30.3 Å². The Morgan fingerprint density at radius 2 is 1.62 bits per heavy atom. The van der Waals surface area contributed by atoms with Gasteiger partial charge in [-0.1, -0.05) is 30.3 Å². The van der Waals surface area contributed by atoms with Gasteiger partial charge in [-0.15, -0.1) is 0 Å². The minimum atomic E-state index is -0.932. The molecule has 3 aromatic rings. The van der Waals surface area contributed by atoms with Crippen molar-refractivity contribution in [1.29, 1.82) is 0 Å². The summed E-state index contributed by atoms with van der Waals surface area (Å²) in [5.41, 5.74) is 3.52. The molecule has 4 rings (SSSR count). The zero-order valence-corrected chi connectivity index (χ0v) is 19.4. The fourth-order valence-electron chi connectivity index (χ4n) is 3.95. The van der Waals surface area contributed by atoms with E-state index in [1.54, 1.807) is 31.4 Å². The number of ether oxygens (including phenoxy) is 1. The van der Waals surface area contributed by atoms with E-state index in [2.05, 4.69) is 39.4 Å². The molecule has 3 aromatic carbocycles. The highest BCUT2D eigenvalue weighted by Gasteiger charge is 2.20. The lowest BCUT2D eigenvalue weighted by molar-refractivity contribution is 0.0697. The van der Waals surface area contributed by atoms with Crippen LogP contribution in [-0.4, -0.2) is 61.8 Å². The van der Waals surface area contributed by atoms with Crippen LogP contribution < -0.4 is 15.0 Å². The lowest BCUT2D eigenvalue weighted by Gasteiger charge is -2.37. The van der Waals surface area contributed by atoms with Crippen LogP contribution in [0.2, 0.25) is 0 Å². The molecule has 1 heterocycles. The van der Waals surface area contributed by atoms with Crippen molar-refractivity contribution in [3.05, 3.63) is 90.0 Å². The first-order valence-electron chi connectivity index (χ1n) is 11.4. The maximum absolute atomic E-state index is 11.2. The van der Waals surface area contributed by atoms with E-state index < -0.39 is 5.97 Å². The molecular formula is C27H30N4O3. The number of hydrogen-bond donors (Lipinski definition) is 2. The molecular weight excluding hydrogens is 428 g/mol. The first-order valence-corrected chi connectivity index (χ1v) is 11.4. The molecule has 0 aliphatic carbocycles. The number of aromatic carboxylic acids is 1. The standard InChI is InChI=1S/C27H30N4O3/c1-34-25-13-11-24(12-14-25)30-17-19-31(20-18-30)27(28-16-15-21-5-3-2-4-6-21)29-23-9-7-22(8-10-23)26(32)33/h2-14H,15-20H2,1H3,(H,28,29)(H,32,33). The highest BCUT2D eigenvalue weighted by Crippen LogP contribution is 2.21. The molecule has 1 saturated heterocycles. The normalized spacial score (nSPS) is 14.1. The van der Waals surface area contributed by atoms with Crippen molar-refractivity contribution in [3.63, 3.8) is 0 Å². The zero-order chi connectivity index (χ0) is 23.8.